The summed E-state index contributed by atoms with van der Waals surface area (Å²) in [4.78, 5) is 11.3. The Morgan fingerprint density at radius 1 is 0.929 bits per heavy atom. The van der Waals surface area contributed by atoms with Crippen LogP contribution >= 0.6 is 0 Å². The molecular formula is C24H21NO3. The molecule has 0 aliphatic heterocycles. The van der Waals surface area contributed by atoms with Gasteiger partial charge >= 0.3 is 5.97 Å². The van der Waals surface area contributed by atoms with Crippen LogP contribution in [0.2, 0.25) is 0 Å². The second-order valence-electron chi connectivity index (χ2n) is 6.63. The van der Waals surface area contributed by atoms with E-state index in [-0.39, 0.29) is 6.42 Å². The lowest BCUT2D eigenvalue weighted by Crippen LogP contribution is -2.06. The lowest BCUT2D eigenvalue weighted by molar-refractivity contribution is -0.137. The van der Waals surface area contributed by atoms with Crippen LogP contribution < -0.4 is 4.74 Å². The van der Waals surface area contributed by atoms with E-state index in [0.29, 0.717) is 6.54 Å². The average Bonchev–Trinajstić information content (AvgIpc) is 3.06. The third-order valence-electron chi connectivity index (χ3n) is 4.93. The van der Waals surface area contributed by atoms with Crippen LogP contribution in [0.25, 0.3) is 33.3 Å². The number of fused-ring (bicyclic) bond motifs is 1. The van der Waals surface area contributed by atoms with Gasteiger partial charge in [0, 0.05) is 23.6 Å². The Hall–Kier alpha value is -3.53. The van der Waals surface area contributed by atoms with Crippen LogP contribution in [0, 0.1) is 0 Å². The Kier molecular flexibility index (Phi) is 4.85. The molecule has 4 rings (SSSR count). The maximum absolute atomic E-state index is 11.3. The van der Waals surface area contributed by atoms with Crippen molar-refractivity contribution in [2.45, 2.75) is 13.0 Å². The van der Waals surface area contributed by atoms with Gasteiger partial charge in [-0.2, -0.15) is 0 Å². The molecule has 140 valence electrons. The van der Waals surface area contributed by atoms with E-state index in [9.17, 15) is 9.90 Å². The molecule has 0 unspecified atom stereocenters. The molecule has 0 spiro atoms. The van der Waals surface area contributed by atoms with Crippen molar-refractivity contribution in [3.8, 4) is 28.1 Å². The van der Waals surface area contributed by atoms with Gasteiger partial charge in [-0.1, -0.05) is 60.7 Å². The molecule has 0 amide bonds. The first-order valence-corrected chi connectivity index (χ1v) is 9.22. The zero-order valence-electron chi connectivity index (χ0n) is 15.6. The highest BCUT2D eigenvalue weighted by molar-refractivity contribution is 6.05. The van der Waals surface area contributed by atoms with E-state index in [0.717, 1.165) is 39.0 Å². The highest BCUT2D eigenvalue weighted by atomic mass is 16.5. The van der Waals surface area contributed by atoms with E-state index in [1.165, 1.54) is 0 Å². The quantitative estimate of drug-likeness (QED) is 0.490. The van der Waals surface area contributed by atoms with Crippen LogP contribution in [0.5, 0.6) is 5.75 Å². The molecule has 3 aromatic carbocycles. The van der Waals surface area contributed by atoms with E-state index in [1.54, 1.807) is 7.11 Å². The summed E-state index contributed by atoms with van der Waals surface area (Å²) in [5.41, 5.74) is 5.26. The fraction of sp³-hybridized carbons (Fsp3) is 0.125. The van der Waals surface area contributed by atoms with Gasteiger partial charge in [0.2, 0.25) is 0 Å². The largest absolute Gasteiger partial charge is 0.497 e. The standard InChI is InChI=1S/C24H21NO3/c1-28-19-12-13-20-21(16-19)25(15-14-22(26)27)24(18-10-6-3-7-11-18)23(20)17-8-4-2-5-9-17/h2-13,16H,14-15H2,1H3,(H,26,27). The number of ether oxygens (including phenoxy) is 1. The molecule has 1 aromatic heterocycles. The first-order valence-electron chi connectivity index (χ1n) is 9.22. The second kappa shape index (κ2) is 7.61. The van der Waals surface area contributed by atoms with Gasteiger partial charge in [-0.15, -0.1) is 0 Å². The smallest absolute Gasteiger partial charge is 0.305 e. The summed E-state index contributed by atoms with van der Waals surface area (Å²) < 4.78 is 7.53. The molecule has 0 aliphatic carbocycles. The van der Waals surface area contributed by atoms with Gasteiger partial charge in [-0.05, 0) is 23.3 Å². The number of benzene rings is 3. The minimum atomic E-state index is -0.815. The van der Waals surface area contributed by atoms with E-state index in [4.69, 9.17) is 4.74 Å². The molecule has 1 heterocycles. The fourth-order valence-corrected chi connectivity index (χ4v) is 3.69. The van der Waals surface area contributed by atoms with Gasteiger partial charge < -0.3 is 14.4 Å². The molecule has 1 N–H and O–H groups in total. The highest BCUT2D eigenvalue weighted by Gasteiger charge is 2.20. The van der Waals surface area contributed by atoms with Crippen LogP contribution in [0.15, 0.2) is 78.9 Å². The Morgan fingerprint density at radius 2 is 1.57 bits per heavy atom. The predicted molar refractivity (Wildman–Crippen MR) is 112 cm³/mol. The fourth-order valence-electron chi connectivity index (χ4n) is 3.69. The van der Waals surface area contributed by atoms with Crippen molar-refractivity contribution in [3.05, 3.63) is 78.9 Å². The third kappa shape index (κ3) is 3.25. The van der Waals surface area contributed by atoms with Gasteiger partial charge in [0.25, 0.3) is 0 Å². The molecule has 0 saturated carbocycles. The summed E-state index contributed by atoms with van der Waals surface area (Å²) in [6.45, 7) is 0.385. The van der Waals surface area contributed by atoms with Crippen LogP contribution in [-0.2, 0) is 11.3 Å². The number of methoxy groups -OCH3 is 1. The molecule has 4 aromatic rings. The molecule has 0 radical (unpaired) electrons. The normalized spacial score (nSPS) is 10.9. The van der Waals surface area contributed by atoms with Crippen molar-refractivity contribution < 1.29 is 14.6 Å². The molecule has 0 aliphatic rings. The number of rotatable bonds is 6. The summed E-state index contributed by atoms with van der Waals surface area (Å²) in [5, 5.41) is 10.4. The Balaban J connectivity index is 2.08. The van der Waals surface area contributed by atoms with Gasteiger partial charge in [0.05, 0.1) is 24.7 Å². The maximum atomic E-state index is 11.3. The predicted octanol–water partition coefficient (Wildman–Crippen LogP) is 5.46. The van der Waals surface area contributed by atoms with Crippen molar-refractivity contribution in [2.24, 2.45) is 0 Å². The summed E-state index contributed by atoms with van der Waals surface area (Å²) in [6.07, 6.45) is 0.0506. The van der Waals surface area contributed by atoms with Crippen LogP contribution in [-0.4, -0.2) is 22.8 Å². The molecule has 0 fully saturated rings. The molecular weight excluding hydrogens is 350 g/mol. The Labute approximate surface area is 163 Å². The van der Waals surface area contributed by atoms with Gasteiger partial charge in [-0.25, -0.2) is 0 Å². The summed E-state index contributed by atoms with van der Waals surface area (Å²) in [6, 6.07) is 26.3. The number of hydrogen-bond acceptors (Lipinski definition) is 2. The summed E-state index contributed by atoms with van der Waals surface area (Å²) >= 11 is 0. The molecule has 0 atom stereocenters. The van der Waals surface area contributed by atoms with Gasteiger partial charge in [0.15, 0.2) is 0 Å². The number of nitrogens with zero attached hydrogens (tertiary/aromatic N) is 1. The summed E-state index contributed by atoms with van der Waals surface area (Å²) in [5.74, 6) is -0.0641. The molecule has 0 saturated heterocycles. The number of aryl methyl sites for hydroxylation is 1. The topological polar surface area (TPSA) is 51.5 Å². The number of aliphatic carboxylic acids is 1. The Morgan fingerprint density at radius 3 is 2.18 bits per heavy atom. The van der Waals surface area contributed by atoms with E-state index >= 15 is 0 Å². The molecule has 28 heavy (non-hydrogen) atoms. The monoisotopic (exact) mass is 371 g/mol. The van der Waals surface area contributed by atoms with Crippen molar-refractivity contribution in [1.29, 1.82) is 0 Å². The molecule has 4 heteroatoms. The maximum Gasteiger partial charge on any atom is 0.305 e. The van der Waals surface area contributed by atoms with Gasteiger partial charge in [0.1, 0.15) is 5.75 Å². The second-order valence-corrected chi connectivity index (χ2v) is 6.63. The lowest BCUT2D eigenvalue weighted by Gasteiger charge is -2.12. The van der Waals surface area contributed by atoms with Crippen LogP contribution in [0.3, 0.4) is 0 Å². The average molecular weight is 371 g/mol. The van der Waals surface area contributed by atoms with E-state index in [1.807, 2.05) is 48.5 Å². The van der Waals surface area contributed by atoms with Crippen molar-refractivity contribution in [2.75, 3.05) is 7.11 Å². The number of aromatic nitrogens is 1. The van der Waals surface area contributed by atoms with E-state index in [2.05, 4.69) is 34.9 Å². The number of carboxylic acids is 1. The Bertz CT molecular complexity index is 1120. The molecule has 4 nitrogen and oxygen atoms in total. The minimum Gasteiger partial charge on any atom is -0.497 e. The zero-order chi connectivity index (χ0) is 19.5. The minimum absolute atomic E-state index is 0.0506. The first-order chi connectivity index (χ1) is 13.7. The van der Waals surface area contributed by atoms with Crippen LogP contribution in [0.4, 0.5) is 0 Å². The zero-order valence-corrected chi connectivity index (χ0v) is 15.6. The van der Waals surface area contributed by atoms with Crippen molar-refractivity contribution >= 4 is 16.9 Å². The molecule has 0 bridgehead atoms. The van der Waals surface area contributed by atoms with E-state index < -0.39 is 5.97 Å². The van der Waals surface area contributed by atoms with Crippen molar-refractivity contribution in [1.82, 2.24) is 4.57 Å². The SMILES string of the molecule is COc1ccc2c(-c3ccccc3)c(-c3ccccc3)n(CCC(=O)O)c2c1. The number of carbonyl (C=O) groups is 1. The van der Waals surface area contributed by atoms with Crippen molar-refractivity contribution in [3.63, 3.8) is 0 Å². The number of hydrogen-bond donors (Lipinski definition) is 1. The van der Waals surface area contributed by atoms with Crippen LogP contribution in [0.1, 0.15) is 6.42 Å². The summed E-state index contributed by atoms with van der Waals surface area (Å²) in [7, 11) is 1.64. The lowest BCUT2D eigenvalue weighted by atomic mass is 9.98. The first kappa shape index (κ1) is 17.9. The number of carboxylic acid groups (broad SMARTS) is 1. The van der Waals surface area contributed by atoms with Gasteiger partial charge in [-0.3, -0.25) is 4.79 Å². The third-order valence-corrected chi connectivity index (χ3v) is 4.93. The highest BCUT2D eigenvalue weighted by Crippen LogP contribution is 2.42.